The highest BCUT2D eigenvalue weighted by atomic mass is 79.9. The van der Waals surface area contributed by atoms with Crippen molar-refractivity contribution in [2.45, 2.75) is 20.8 Å². The molecule has 0 N–H and O–H groups in total. The molecule has 0 aliphatic carbocycles. The van der Waals surface area contributed by atoms with Gasteiger partial charge in [0.25, 0.3) is 5.91 Å². The Morgan fingerprint density at radius 1 is 1.07 bits per heavy atom. The summed E-state index contributed by atoms with van der Waals surface area (Å²) < 4.78 is 12.9. The van der Waals surface area contributed by atoms with E-state index in [2.05, 4.69) is 37.0 Å². The first-order valence-corrected chi connectivity index (χ1v) is 11.5. The molecule has 30 heavy (non-hydrogen) atoms. The minimum Gasteiger partial charge on any atom is -0.490 e. The van der Waals surface area contributed by atoms with E-state index in [0.717, 1.165) is 10.0 Å². The number of rotatable bonds is 6. The third-order valence-electron chi connectivity index (χ3n) is 4.25. The number of carbonyl (C=O) groups is 1. The number of anilines is 1. The Morgan fingerprint density at radius 3 is 2.40 bits per heavy atom. The van der Waals surface area contributed by atoms with Crippen molar-refractivity contribution in [3.63, 3.8) is 0 Å². The molecule has 1 heterocycles. The molecule has 1 amide bonds. The smallest absolute Gasteiger partial charge is 0.280 e. The summed E-state index contributed by atoms with van der Waals surface area (Å²) in [6.07, 6.45) is 1.77. The summed E-state index contributed by atoms with van der Waals surface area (Å²) in [5, 5.41) is 6.47. The van der Waals surface area contributed by atoms with Crippen LogP contribution in [0.4, 0.5) is 5.69 Å². The minimum atomic E-state index is -0.263. The summed E-state index contributed by atoms with van der Waals surface area (Å²) in [6.45, 7) is 6.56. The Kier molecular flexibility index (Phi) is 7.50. The lowest BCUT2D eigenvalue weighted by molar-refractivity contribution is -0.114. The van der Waals surface area contributed by atoms with Gasteiger partial charge in [-0.25, -0.2) is 0 Å². The maximum absolute atomic E-state index is 13.1. The van der Waals surface area contributed by atoms with Crippen LogP contribution in [-0.4, -0.2) is 24.8 Å². The predicted molar refractivity (Wildman–Crippen MR) is 129 cm³/mol. The average molecular weight is 577 g/mol. The molecule has 0 bridgehead atoms. The summed E-state index contributed by atoms with van der Waals surface area (Å²) in [7, 11) is 0. The number of ether oxygens (including phenoxy) is 2. The minimum absolute atomic E-state index is 0.263. The molecule has 0 saturated carbocycles. The molecule has 9 heteroatoms. The van der Waals surface area contributed by atoms with E-state index in [1.54, 1.807) is 31.2 Å². The second kappa shape index (κ2) is 9.73. The second-order valence-corrected chi connectivity index (χ2v) is 8.65. The maximum atomic E-state index is 13.1. The lowest BCUT2D eigenvalue weighted by Crippen LogP contribution is -2.21. The van der Waals surface area contributed by atoms with Gasteiger partial charge in [0.05, 0.1) is 44.7 Å². The van der Waals surface area contributed by atoms with Crippen LogP contribution in [0.2, 0.25) is 10.0 Å². The van der Waals surface area contributed by atoms with Crippen LogP contribution in [0.1, 0.15) is 26.3 Å². The maximum Gasteiger partial charge on any atom is 0.280 e. The summed E-state index contributed by atoms with van der Waals surface area (Å²) >= 11 is 19.2. The van der Waals surface area contributed by atoms with Crippen molar-refractivity contribution in [1.29, 1.82) is 0 Å². The quantitative estimate of drug-likeness (QED) is 0.344. The van der Waals surface area contributed by atoms with Crippen molar-refractivity contribution in [2.75, 3.05) is 18.2 Å². The van der Waals surface area contributed by atoms with Crippen LogP contribution >= 0.6 is 55.1 Å². The molecule has 0 unspecified atom stereocenters. The zero-order valence-corrected chi connectivity index (χ0v) is 21.1. The topological polar surface area (TPSA) is 51.1 Å². The van der Waals surface area contributed by atoms with Gasteiger partial charge in [0.2, 0.25) is 0 Å². The van der Waals surface area contributed by atoms with Gasteiger partial charge < -0.3 is 9.47 Å². The number of benzene rings is 2. The normalized spacial score (nSPS) is 15.0. The molecule has 0 aromatic heterocycles. The van der Waals surface area contributed by atoms with E-state index in [1.165, 1.54) is 5.01 Å². The van der Waals surface area contributed by atoms with E-state index in [0.29, 0.717) is 56.2 Å². The van der Waals surface area contributed by atoms with Gasteiger partial charge in [0.15, 0.2) is 11.5 Å². The summed E-state index contributed by atoms with van der Waals surface area (Å²) in [4.78, 5) is 13.1. The highest BCUT2D eigenvalue weighted by Gasteiger charge is 2.29. The SMILES string of the molecule is CCOc1cc(C=C2C(=O)N(c3ccc(Cl)c(Cl)c3)N=C2C)c(Br)c(Br)c1OCC. The summed E-state index contributed by atoms with van der Waals surface area (Å²) in [5.74, 6) is 0.928. The number of amides is 1. The Hall–Kier alpha value is -1.54. The van der Waals surface area contributed by atoms with Crippen LogP contribution in [0.15, 0.2) is 43.9 Å². The molecule has 0 saturated heterocycles. The fraction of sp³-hybridized carbons (Fsp3) is 0.238. The Morgan fingerprint density at radius 2 is 1.77 bits per heavy atom. The first-order chi connectivity index (χ1) is 14.3. The predicted octanol–water partition coefficient (Wildman–Crippen LogP) is 7.12. The van der Waals surface area contributed by atoms with Crippen LogP contribution in [0, 0.1) is 0 Å². The molecular weight excluding hydrogens is 559 g/mol. The number of hydrogen-bond acceptors (Lipinski definition) is 4. The zero-order valence-electron chi connectivity index (χ0n) is 16.4. The number of hydrogen-bond donors (Lipinski definition) is 0. The lowest BCUT2D eigenvalue weighted by Gasteiger charge is -2.16. The first kappa shape index (κ1) is 23.1. The van der Waals surface area contributed by atoms with Gasteiger partial charge in [0, 0.05) is 4.47 Å². The van der Waals surface area contributed by atoms with Gasteiger partial charge >= 0.3 is 0 Å². The van der Waals surface area contributed by atoms with Crippen molar-refractivity contribution in [3.8, 4) is 11.5 Å². The van der Waals surface area contributed by atoms with Crippen molar-refractivity contribution in [3.05, 3.63) is 54.4 Å². The molecule has 3 rings (SSSR count). The molecule has 2 aromatic carbocycles. The molecule has 0 spiro atoms. The molecule has 1 aliphatic heterocycles. The van der Waals surface area contributed by atoms with Crippen molar-refractivity contribution < 1.29 is 14.3 Å². The van der Waals surface area contributed by atoms with Crippen LogP contribution in [-0.2, 0) is 4.79 Å². The fourth-order valence-corrected chi connectivity index (χ4v) is 4.12. The van der Waals surface area contributed by atoms with Gasteiger partial charge in [-0.1, -0.05) is 23.2 Å². The van der Waals surface area contributed by atoms with Crippen LogP contribution in [0.5, 0.6) is 11.5 Å². The summed E-state index contributed by atoms with van der Waals surface area (Å²) in [6, 6.07) is 6.77. The number of nitrogens with zero attached hydrogens (tertiary/aromatic N) is 2. The van der Waals surface area contributed by atoms with E-state index in [9.17, 15) is 4.79 Å². The average Bonchev–Trinajstić information content (AvgIpc) is 2.99. The Bertz CT molecular complexity index is 1070. The van der Waals surface area contributed by atoms with Crippen LogP contribution in [0.25, 0.3) is 6.08 Å². The number of hydrazone groups is 1. The molecule has 158 valence electrons. The van der Waals surface area contributed by atoms with E-state index in [1.807, 2.05) is 19.9 Å². The van der Waals surface area contributed by atoms with E-state index < -0.39 is 0 Å². The molecule has 2 aromatic rings. The van der Waals surface area contributed by atoms with Crippen molar-refractivity contribution in [2.24, 2.45) is 5.10 Å². The van der Waals surface area contributed by atoms with Crippen LogP contribution in [0.3, 0.4) is 0 Å². The highest BCUT2D eigenvalue weighted by molar-refractivity contribution is 9.13. The third-order valence-corrected chi connectivity index (χ3v) is 7.14. The number of carbonyl (C=O) groups excluding carboxylic acids is 1. The first-order valence-electron chi connectivity index (χ1n) is 9.12. The molecule has 5 nitrogen and oxygen atoms in total. The Labute approximate surface area is 201 Å². The van der Waals surface area contributed by atoms with Gasteiger partial charge in [-0.05, 0) is 88.5 Å². The molecular formula is C21H18Br2Cl2N2O3. The van der Waals surface area contributed by atoms with E-state index in [-0.39, 0.29) is 5.91 Å². The monoisotopic (exact) mass is 574 g/mol. The van der Waals surface area contributed by atoms with Crippen LogP contribution < -0.4 is 14.5 Å². The fourth-order valence-electron chi connectivity index (χ4n) is 2.88. The largest absolute Gasteiger partial charge is 0.490 e. The van der Waals surface area contributed by atoms with Crippen molar-refractivity contribution in [1.82, 2.24) is 0 Å². The van der Waals surface area contributed by atoms with Gasteiger partial charge in [-0.2, -0.15) is 10.1 Å². The summed E-state index contributed by atoms with van der Waals surface area (Å²) in [5.41, 5.74) is 2.34. The third kappa shape index (κ3) is 4.54. The second-order valence-electron chi connectivity index (χ2n) is 6.25. The van der Waals surface area contributed by atoms with Gasteiger partial charge in [-0.3, -0.25) is 4.79 Å². The van der Waals surface area contributed by atoms with E-state index in [4.69, 9.17) is 32.7 Å². The lowest BCUT2D eigenvalue weighted by atomic mass is 10.1. The highest BCUT2D eigenvalue weighted by Crippen LogP contribution is 2.44. The van der Waals surface area contributed by atoms with Gasteiger partial charge in [0.1, 0.15) is 0 Å². The zero-order chi connectivity index (χ0) is 22.0. The standard InChI is InChI=1S/C21H18Br2Cl2N2O3/c1-4-29-17-9-12(18(22)19(23)20(17)30-5-2)8-14-11(3)26-27(21(14)28)13-6-7-15(24)16(25)10-13/h6-10H,4-5H2,1-3H3. The molecule has 0 fully saturated rings. The molecule has 1 aliphatic rings. The Balaban J connectivity index is 2.03. The van der Waals surface area contributed by atoms with E-state index >= 15 is 0 Å². The van der Waals surface area contributed by atoms with Crippen molar-refractivity contribution >= 4 is 78.4 Å². The number of halogens is 4. The van der Waals surface area contributed by atoms with Gasteiger partial charge in [-0.15, -0.1) is 0 Å². The molecule has 0 atom stereocenters. The molecule has 0 radical (unpaired) electrons.